The number of hydrogen-bond acceptors (Lipinski definition) is 3. The van der Waals surface area contributed by atoms with Gasteiger partial charge in [-0.1, -0.05) is 28.1 Å². The molecule has 0 bridgehead atoms. The van der Waals surface area contributed by atoms with Crippen LogP contribution in [0.25, 0.3) is 0 Å². The van der Waals surface area contributed by atoms with Crippen LogP contribution in [0, 0.1) is 5.82 Å². The lowest BCUT2D eigenvalue weighted by atomic mass is 10.0. The average molecular weight is 489 g/mol. The van der Waals surface area contributed by atoms with Crippen molar-refractivity contribution < 1.29 is 17.6 Å². The van der Waals surface area contributed by atoms with Crippen molar-refractivity contribution in [3.8, 4) is 0 Å². The second kappa shape index (κ2) is 8.20. The van der Waals surface area contributed by atoms with Crippen molar-refractivity contribution in [2.75, 3.05) is 16.2 Å². The highest BCUT2D eigenvalue weighted by atomic mass is 79.9. The molecular formula is C22H18BrFN2O3S. The minimum Gasteiger partial charge on any atom is -0.319 e. The fourth-order valence-corrected chi connectivity index (χ4v) is 5.25. The normalized spacial score (nSPS) is 13.6. The predicted octanol–water partition coefficient (Wildman–Crippen LogP) is 4.98. The minimum absolute atomic E-state index is 0.0969. The van der Waals surface area contributed by atoms with Gasteiger partial charge in [-0.25, -0.2) is 12.8 Å². The molecule has 0 aromatic heterocycles. The first-order valence-electron chi connectivity index (χ1n) is 9.33. The van der Waals surface area contributed by atoms with E-state index in [1.165, 1.54) is 16.4 Å². The topological polar surface area (TPSA) is 66.5 Å². The number of fused-ring (bicyclic) bond motifs is 1. The number of carbonyl (C=O) groups excluding carboxylic acids is 1. The number of halogens is 2. The molecular weight excluding hydrogens is 471 g/mol. The van der Waals surface area contributed by atoms with E-state index in [2.05, 4.69) is 21.2 Å². The fourth-order valence-electron chi connectivity index (χ4n) is 3.44. The molecule has 0 saturated heterocycles. The molecule has 3 aromatic rings. The molecule has 0 atom stereocenters. The number of carbonyl (C=O) groups is 1. The number of nitrogens with zero attached hydrogens (tertiary/aromatic N) is 1. The Balaban J connectivity index is 1.63. The molecule has 3 aromatic carbocycles. The molecule has 1 amide bonds. The maximum Gasteiger partial charge on any atom is 0.264 e. The standard InChI is InChI=1S/C22H18BrFN2O3S/c23-17-8-10-18(11-9-17)30(28,29)26-13-3-4-15-14-16(7-12-21(15)26)22(27)25-20-6-2-1-5-19(20)24/h1-2,5-12,14H,3-4,13H2,(H,25,27). The number of para-hydroxylation sites is 1. The quantitative estimate of drug-likeness (QED) is 0.562. The highest BCUT2D eigenvalue weighted by molar-refractivity contribution is 9.10. The van der Waals surface area contributed by atoms with Crippen molar-refractivity contribution in [1.82, 2.24) is 0 Å². The van der Waals surface area contributed by atoms with E-state index in [0.717, 1.165) is 10.0 Å². The Labute approximate surface area is 182 Å². The van der Waals surface area contributed by atoms with Gasteiger partial charge in [0.15, 0.2) is 0 Å². The van der Waals surface area contributed by atoms with Gasteiger partial charge in [-0.05, 0) is 73.0 Å². The lowest BCUT2D eigenvalue weighted by Crippen LogP contribution is -2.35. The SMILES string of the molecule is O=C(Nc1ccccc1F)c1ccc2c(c1)CCCN2S(=O)(=O)c1ccc(Br)cc1. The molecule has 0 unspecified atom stereocenters. The number of anilines is 2. The lowest BCUT2D eigenvalue weighted by Gasteiger charge is -2.30. The first-order valence-corrected chi connectivity index (χ1v) is 11.6. The van der Waals surface area contributed by atoms with Crippen molar-refractivity contribution >= 4 is 43.2 Å². The zero-order chi connectivity index (χ0) is 21.3. The number of nitrogens with one attached hydrogen (secondary N) is 1. The van der Waals surface area contributed by atoms with Crippen LogP contribution in [-0.2, 0) is 16.4 Å². The van der Waals surface area contributed by atoms with Crippen LogP contribution in [0.3, 0.4) is 0 Å². The van der Waals surface area contributed by atoms with E-state index in [9.17, 15) is 17.6 Å². The van der Waals surface area contributed by atoms with E-state index in [0.29, 0.717) is 30.6 Å². The van der Waals surface area contributed by atoms with E-state index < -0.39 is 21.7 Å². The molecule has 0 radical (unpaired) electrons. The van der Waals surface area contributed by atoms with Gasteiger partial charge in [0.25, 0.3) is 15.9 Å². The zero-order valence-electron chi connectivity index (χ0n) is 15.8. The van der Waals surface area contributed by atoms with Crippen molar-refractivity contribution in [1.29, 1.82) is 0 Å². The summed E-state index contributed by atoms with van der Waals surface area (Å²) < 4.78 is 42.3. The van der Waals surface area contributed by atoms with Crippen molar-refractivity contribution in [2.24, 2.45) is 0 Å². The van der Waals surface area contributed by atoms with Gasteiger partial charge in [0.2, 0.25) is 0 Å². The van der Waals surface area contributed by atoms with Gasteiger partial charge < -0.3 is 5.32 Å². The Hall–Kier alpha value is -2.71. The second-order valence-corrected chi connectivity index (χ2v) is 9.69. The second-order valence-electron chi connectivity index (χ2n) is 6.91. The van der Waals surface area contributed by atoms with Gasteiger partial charge >= 0.3 is 0 Å². The van der Waals surface area contributed by atoms with E-state index in [-0.39, 0.29) is 10.6 Å². The molecule has 30 heavy (non-hydrogen) atoms. The lowest BCUT2D eigenvalue weighted by molar-refractivity contribution is 0.102. The van der Waals surface area contributed by atoms with Crippen molar-refractivity contribution in [3.63, 3.8) is 0 Å². The fraction of sp³-hybridized carbons (Fsp3) is 0.136. The number of sulfonamides is 1. The molecule has 1 aliphatic heterocycles. The van der Waals surface area contributed by atoms with E-state index in [1.807, 2.05) is 0 Å². The Morgan fingerprint density at radius 1 is 1.03 bits per heavy atom. The molecule has 0 aliphatic carbocycles. The highest BCUT2D eigenvalue weighted by Gasteiger charge is 2.29. The maximum absolute atomic E-state index is 13.8. The number of rotatable bonds is 4. The van der Waals surface area contributed by atoms with Crippen LogP contribution in [0.2, 0.25) is 0 Å². The molecule has 154 valence electrons. The van der Waals surface area contributed by atoms with Crippen molar-refractivity contribution in [2.45, 2.75) is 17.7 Å². The maximum atomic E-state index is 13.8. The predicted molar refractivity (Wildman–Crippen MR) is 118 cm³/mol. The van der Waals surface area contributed by atoms with Crippen LogP contribution in [-0.4, -0.2) is 20.9 Å². The van der Waals surface area contributed by atoms with E-state index in [4.69, 9.17) is 0 Å². The number of benzene rings is 3. The van der Waals surface area contributed by atoms with E-state index >= 15 is 0 Å². The van der Waals surface area contributed by atoms with Crippen LogP contribution in [0.4, 0.5) is 15.8 Å². The van der Waals surface area contributed by atoms with Crippen LogP contribution in [0.1, 0.15) is 22.3 Å². The Bertz CT molecular complexity index is 1210. The van der Waals surface area contributed by atoms with Crippen LogP contribution in [0.15, 0.2) is 76.1 Å². The van der Waals surface area contributed by atoms with Crippen LogP contribution in [0.5, 0.6) is 0 Å². The van der Waals surface area contributed by atoms with Gasteiger partial charge in [0.05, 0.1) is 16.3 Å². The molecule has 5 nitrogen and oxygen atoms in total. The third kappa shape index (κ3) is 3.97. The molecule has 0 spiro atoms. The molecule has 0 fully saturated rings. The summed E-state index contributed by atoms with van der Waals surface area (Å²) in [5.41, 5.74) is 1.77. The summed E-state index contributed by atoms with van der Waals surface area (Å²) in [7, 11) is -3.72. The Morgan fingerprint density at radius 2 is 1.77 bits per heavy atom. The largest absolute Gasteiger partial charge is 0.319 e. The summed E-state index contributed by atoms with van der Waals surface area (Å²) in [5.74, 6) is -0.966. The highest BCUT2D eigenvalue weighted by Crippen LogP contribution is 2.33. The molecule has 1 aliphatic rings. The summed E-state index contributed by atoms with van der Waals surface area (Å²) in [4.78, 5) is 12.8. The molecule has 4 rings (SSSR count). The molecule has 8 heteroatoms. The molecule has 1 heterocycles. The minimum atomic E-state index is -3.72. The average Bonchev–Trinajstić information content (AvgIpc) is 2.74. The van der Waals surface area contributed by atoms with E-state index in [1.54, 1.807) is 54.6 Å². The third-order valence-corrected chi connectivity index (χ3v) is 7.30. The summed E-state index contributed by atoms with van der Waals surface area (Å²) in [5, 5.41) is 2.56. The van der Waals surface area contributed by atoms with Crippen molar-refractivity contribution in [3.05, 3.63) is 88.1 Å². The number of hydrogen-bond donors (Lipinski definition) is 1. The first-order chi connectivity index (χ1) is 14.4. The Kier molecular flexibility index (Phi) is 5.62. The Morgan fingerprint density at radius 3 is 2.50 bits per heavy atom. The van der Waals surface area contributed by atoms with Gasteiger partial charge in [0, 0.05) is 16.6 Å². The molecule has 0 saturated carbocycles. The van der Waals surface area contributed by atoms with Crippen LogP contribution < -0.4 is 9.62 Å². The summed E-state index contributed by atoms with van der Waals surface area (Å²) in [6.45, 7) is 0.367. The summed E-state index contributed by atoms with van der Waals surface area (Å²) in [6, 6.07) is 17.3. The van der Waals surface area contributed by atoms with Gasteiger partial charge in [-0.15, -0.1) is 0 Å². The number of aryl methyl sites for hydroxylation is 1. The van der Waals surface area contributed by atoms with Gasteiger partial charge in [-0.3, -0.25) is 9.10 Å². The first kappa shape index (κ1) is 20.6. The number of amides is 1. The molecule has 1 N–H and O–H groups in total. The third-order valence-electron chi connectivity index (χ3n) is 4.94. The van der Waals surface area contributed by atoms with Gasteiger partial charge in [-0.2, -0.15) is 0 Å². The smallest absolute Gasteiger partial charge is 0.264 e. The monoisotopic (exact) mass is 488 g/mol. The zero-order valence-corrected chi connectivity index (χ0v) is 18.2. The summed E-state index contributed by atoms with van der Waals surface area (Å²) in [6.07, 6.45) is 1.30. The summed E-state index contributed by atoms with van der Waals surface area (Å²) >= 11 is 3.31. The van der Waals surface area contributed by atoms with Gasteiger partial charge in [0.1, 0.15) is 5.82 Å². The van der Waals surface area contributed by atoms with Crippen LogP contribution >= 0.6 is 15.9 Å².